The molecule has 160 valence electrons. The van der Waals surface area contributed by atoms with Crippen molar-refractivity contribution in [2.75, 3.05) is 0 Å². The molecule has 0 radical (unpaired) electrons. The molecular weight excluding hydrogens is 407 g/mol. The average molecular weight is 435 g/mol. The summed E-state index contributed by atoms with van der Waals surface area (Å²) in [4.78, 5) is 14.0. The molecule has 0 aliphatic rings. The Morgan fingerprint density at radius 2 is 1.87 bits per heavy atom. The van der Waals surface area contributed by atoms with Gasteiger partial charge in [-0.1, -0.05) is 43.3 Å². The fourth-order valence-corrected chi connectivity index (χ4v) is 4.79. The third-order valence-electron chi connectivity index (χ3n) is 5.76. The summed E-state index contributed by atoms with van der Waals surface area (Å²) in [5, 5.41) is 6.33. The number of para-hydroxylation sites is 1. The third kappa shape index (κ3) is 4.88. The fraction of sp³-hybridized carbons (Fsp3) is 0.269. The molecule has 2 aromatic heterocycles. The maximum atomic E-state index is 13.3. The van der Waals surface area contributed by atoms with Crippen LogP contribution in [-0.4, -0.2) is 16.5 Å². The Hall–Kier alpha value is -2.92. The van der Waals surface area contributed by atoms with Crippen molar-refractivity contribution < 1.29 is 9.18 Å². The Bertz CT molecular complexity index is 1150. The third-order valence-corrected chi connectivity index (χ3v) is 6.74. The van der Waals surface area contributed by atoms with E-state index in [0.29, 0.717) is 13.0 Å². The van der Waals surface area contributed by atoms with Crippen LogP contribution in [0.5, 0.6) is 0 Å². The predicted molar refractivity (Wildman–Crippen MR) is 126 cm³/mol. The second kappa shape index (κ2) is 9.48. The molecule has 0 aliphatic heterocycles. The first-order valence-electron chi connectivity index (χ1n) is 10.7. The SMILES string of the molecule is CCC(C)NC(=O)CC(c1cccs1)c1cn(Cc2ccc(F)cc2)c2ccccc12. The van der Waals surface area contributed by atoms with E-state index in [9.17, 15) is 9.18 Å². The van der Waals surface area contributed by atoms with Crippen LogP contribution in [0.15, 0.2) is 72.2 Å². The second-order valence-corrected chi connectivity index (χ2v) is 8.98. The summed E-state index contributed by atoms with van der Waals surface area (Å²) in [6.45, 7) is 4.76. The van der Waals surface area contributed by atoms with Gasteiger partial charge in [-0.15, -0.1) is 11.3 Å². The first kappa shape index (κ1) is 21.3. The molecule has 31 heavy (non-hydrogen) atoms. The summed E-state index contributed by atoms with van der Waals surface area (Å²) in [6, 6.07) is 19.2. The minimum Gasteiger partial charge on any atom is -0.354 e. The molecule has 0 bridgehead atoms. The first-order valence-corrected chi connectivity index (χ1v) is 11.6. The standard InChI is InChI=1S/C26H27FN2OS/c1-3-18(2)28-26(30)15-22(25-9-6-14-31-25)23-17-29(24-8-5-4-7-21(23)24)16-19-10-12-20(27)13-11-19/h4-14,17-18,22H,3,15-16H2,1-2H3,(H,28,30). The van der Waals surface area contributed by atoms with Crippen molar-refractivity contribution in [2.45, 2.75) is 45.2 Å². The normalized spacial score (nSPS) is 13.3. The highest BCUT2D eigenvalue weighted by atomic mass is 32.1. The molecule has 2 unspecified atom stereocenters. The van der Waals surface area contributed by atoms with Gasteiger partial charge in [0.15, 0.2) is 0 Å². The van der Waals surface area contributed by atoms with Crippen LogP contribution < -0.4 is 5.32 Å². The molecule has 4 aromatic rings. The largest absolute Gasteiger partial charge is 0.354 e. The Balaban J connectivity index is 1.72. The van der Waals surface area contributed by atoms with Gasteiger partial charge in [0.2, 0.25) is 5.91 Å². The molecule has 2 atom stereocenters. The van der Waals surface area contributed by atoms with Crippen molar-refractivity contribution in [3.63, 3.8) is 0 Å². The molecule has 2 heterocycles. The zero-order valence-corrected chi connectivity index (χ0v) is 18.7. The van der Waals surface area contributed by atoms with Gasteiger partial charge in [0.1, 0.15) is 5.82 Å². The van der Waals surface area contributed by atoms with Crippen molar-refractivity contribution in [1.29, 1.82) is 0 Å². The number of hydrogen-bond acceptors (Lipinski definition) is 2. The van der Waals surface area contributed by atoms with Crippen LogP contribution >= 0.6 is 11.3 Å². The van der Waals surface area contributed by atoms with Crippen molar-refractivity contribution in [2.24, 2.45) is 0 Å². The van der Waals surface area contributed by atoms with Gasteiger partial charge in [-0.2, -0.15) is 0 Å². The van der Waals surface area contributed by atoms with E-state index in [-0.39, 0.29) is 23.7 Å². The number of carbonyl (C=O) groups excluding carboxylic acids is 1. The smallest absolute Gasteiger partial charge is 0.221 e. The molecule has 4 rings (SSSR count). The van der Waals surface area contributed by atoms with E-state index in [2.05, 4.69) is 46.6 Å². The number of hydrogen-bond donors (Lipinski definition) is 1. The van der Waals surface area contributed by atoms with E-state index in [1.54, 1.807) is 11.3 Å². The number of rotatable bonds is 8. The summed E-state index contributed by atoms with van der Waals surface area (Å²) in [5.41, 5.74) is 3.31. The lowest BCUT2D eigenvalue weighted by molar-refractivity contribution is -0.121. The number of fused-ring (bicyclic) bond motifs is 1. The van der Waals surface area contributed by atoms with Crippen molar-refractivity contribution in [1.82, 2.24) is 9.88 Å². The maximum Gasteiger partial charge on any atom is 0.221 e. The molecule has 0 fully saturated rings. The monoisotopic (exact) mass is 434 g/mol. The van der Waals surface area contributed by atoms with Crippen LogP contribution in [0, 0.1) is 5.82 Å². The van der Waals surface area contributed by atoms with Gasteiger partial charge in [-0.25, -0.2) is 4.39 Å². The number of carbonyl (C=O) groups is 1. The molecule has 0 aliphatic carbocycles. The Labute approximate surface area is 186 Å². The molecule has 1 N–H and O–H groups in total. The van der Waals surface area contributed by atoms with E-state index in [0.717, 1.165) is 28.5 Å². The summed E-state index contributed by atoms with van der Waals surface area (Å²) in [5.74, 6) is -0.168. The fourth-order valence-electron chi connectivity index (χ4n) is 3.94. The molecule has 3 nitrogen and oxygen atoms in total. The quantitative estimate of drug-likeness (QED) is 0.346. The molecular formula is C26H27FN2OS. The lowest BCUT2D eigenvalue weighted by Crippen LogP contribution is -2.32. The van der Waals surface area contributed by atoms with Gasteiger partial charge in [0.25, 0.3) is 0 Å². The van der Waals surface area contributed by atoms with Gasteiger partial charge < -0.3 is 9.88 Å². The number of amides is 1. The van der Waals surface area contributed by atoms with Gasteiger partial charge in [0.05, 0.1) is 0 Å². The van der Waals surface area contributed by atoms with E-state index in [1.807, 2.05) is 37.3 Å². The van der Waals surface area contributed by atoms with Crippen molar-refractivity contribution >= 4 is 28.1 Å². The van der Waals surface area contributed by atoms with Gasteiger partial charge in [-0.3, -0.25) is 4.79 Å². The number of nitrogens with zero attached hydrogens (tertiary/aromatic N) is 1. The Kier molecular flexibility index (Phi) is 6.52. The molecule has 2 aromatic carbocycles. The van der Waals surface area contributed by atoms with Gasteiger partial charge in [-0.05, 0) is 54.1 Å². The van der Waals surface area contributed by atoms with E-state index in [4.69, 9.17) is 0 Å². The summed E-state index contributed by atoms with van der Waals surface area (Å²) < 4.78 is 15.5. The van der Waals surface area contributed by atoms with E-state index in [1.165, 1.54) is 17.0 Å². The number of benzene rings is 2. The van der Waals surface area contributed by atoms with Crippen molar-refractivity contribution in [3.8, 4) is 0 Å². The molecule has 0 spiro atoms. The summed E-state index contributed by atoms with van der Waals surface area (Å²) in [6.07, 6.45) is 3.48. The average Bonchev–Trinajstić information content (AvgIpc) is 3.43. The summed E-state index contributed by atoms with van der Waals surface area (Å²) in [7, 11) is 0. The predicted octanol–water partition coefficient (Wildman–Crippen LogP) is 6.33. The molecule has 5 heteroatoms. The Morgan fingerprint density at radius 3 is 2.58 bits per heavy atom. The van der Waals surface area contributed by atoms with Crippen LogP contribution in [0.25, 0.3) is 10.9 Å². The van der Waals surface area contributed by atoms with Gasteiger partial charge in [0, 0.05) is 46.9 Å². The number of aromatic nitrogens is 1. The van der Waals surface area contributed by atoms with E-state index >= 15 is 0 Å². The van der Waals surface area contributed by atoms with E-state index < -0.39 is 0 Å². The highest BCUT2D eigenvalue weighted by molar-refractivity contribution is 7.10. The minimum absolute atomic E-state index is 0.0107. The topological polar surface area (TPSA) is 34.0 Å². The van der Waals surface area contributed by atoms with Crippen LogP contribution in [0.2, 0.25) is 0 Å². The molecule has 0 saturated heterocycles. The highest BCUT2D eigenvalue weighted by Gasteiger charge is 2.24. The number of nitrogens with one attached hydrogen (secondary N) is 1. The molecule has 0 saturated carbocycles. The maximum absolute atomic E-state index is 13.3. The zero-order chi connectivity index (χ0) is 21.8. The second-order valence-electron chi connectivity index (χ2n) is 8.00. The lowest BCUT2D eigenvalue weighted by Gasteiger charge is -2.17. The minimum atomic E-state index is -0.230. The highest BCUT2D eigenvalue weighted by Crippen LogP contribution is 2.37. The van der Waals surface area contributed by atoms with Crippen LogP contribution in [0.4, 0.5) is 4.39 Å². The van der Waals surface area contributed by atoms with Crippen LogP contribution in [-0.2, 0) is 11.3 Å². The van der Waals surface area contributed by atoms with Crippen LogP contribution in [0.3, 0.4) is 0 Å². The molecule has 1 amide bonds. The first-order chi connectivity index (χ1) is 15.0. The number of halogens is 1. The lowest BCUT2D eigenvalue weighted by atomic mass is 9.93. The van der Waals surface area contributed by atoms with Gasteiger partial charge >= 0.3 is 0 Å². The zero-order valence-electron chi connectivity index (χ0n) is 17.8. The Morgan fingerprint density at radius 1 is 1.10 bits per heavy atom. The van der Waals surface area contributed by atoms with Crippen LogP contribution in [0.1, 0.15) is 48.6 Å². The summed E-state index contributed by atoms with van der Waals surface area (Å²) >= 11 is 1.68. The van der Waals surface area contributed by atoms with Crippen molar-refractivity contribution in [3.05, 3.63) is 94.1 Å². The number of thiophene rings is 1.